The molecular formula is C24H33ClN4O4S. The number of anilines is 1. The first-order valence-electron chi connectivity index (χ1n) is 12.0. The van der Waals surface area contributed by atoms with Crippen molar-refractivity contribution in [2.75, 3.05) is 37.7 Å². The summed E-state index contributed by atoms with van der Waals surface area (Å²) in [5.74, 6) is 0.697. The lowest BCUT2D eigenvalue weighted by molar-refractivity contribution is 0.206. The molecule has 0 radical (unpaired) electrons. The van der Waals surface area contributed by atoms with Crippen molar-refractivity contribution in [2.45, 2.75) is 51.2 Å². The molecule has 1 aliphatic carbocycles. The molecule has 1 aliphatic heterocycles. The molecule has 1 aromatic heterocycles. The third-order valence-corrected chi connectivity index (χ3v) is 9.20. The molecule has 2 heterocycles. The van der Waals surface area contributed by atoms with Crippen molar-refractivity contribution in [3.05, 3.63) is 45.8 Å². The molecule has 186 valence electrons. The number of ether oxygens (including phenoxy) is 1. The highest BCUT2D eigenvalue weighted by atomic mass is 35.5. The number of piperazine rings is 1. The summed E-state index contributed by atoms with van der Waals surface area (Å²) in [6.07, 6.45) is 7.49. The van der Waals surface area contributed by atoms with Crippen molar-refractivity contribution >= 4 is 27.3 Å². The fourth-order valence-electron chi connectivity index (χ4n) is 4.62. The van der Waals surface area contributed by atoms with E-state index < -0.39 is 15.3 Å². The fourth-order valence-corrected chi connectivity index (χ4v) is 6.07. The maximum atomic E-state index is 13.5. The van der Waals surface area contributed by atoms with Crippen LogP contribution in [0.15, 0.2) is 35.3 Å². The molecule has 2 aliphatic rings. The number of sulfonamides is 1. The van der Waals surface area contributed by atoms with Gasteiger partial charge in [0.2, 0.25) is 15.8 Å². The number of rotatable bonds is 7. The van der Waals surface area contributed by atoms with Gasteiger partial charge in [-0.3, -0.25) is 4.79 Å². The smallest absolute Gasteiger partial charge is 0.316 e. The molecule has 0 N–H and O–H groups in total. The minimum absolute atomic E-state index is 0.265. The van der Waals surface area contributed by atoms with Crippen LogP contribution < -0.4 is 15.2 Å². The lowest BCUT2D eigenvalue weighted by Crippen LogP contribution is -2.50. The summed E-state index contributed by atoms with van der Waals surface area (Å²) in [5.41, 5.74) is 0.841. The SMILES string of the molecule is CC(C)S(=O)(=O)N1CCN(c2cnn(-c3cccc(Cl)c3)c(=O)c2OCC2CCCCC2)CC1. The van der Waals surface area contributed by atoms with Crippen molar-refractivity contribution in [1.29, 1.82) is 0 Å². The van der Waals surface area contributed by atoms with Gasteiger partial charge < -0.3 is 9.64 Å². The summed E-state index contributed by atoms with van der Waals surface area (Å²) in [6, 6.07) is 6.99. The Morgan fingerprint density at radius 1 is 1.12 bits per heavy atom. The summed E-state index contributed by atoms with van der Waals surface area (Å²) in [4.78, 5) is 15.5. The molecule has 8 nitrogen and oxygen atoms in total. The summed E-state index contributed by atoms with van der Waals surface area (Å²) < 4.78 is 34.2. The third-order valence-electron chi connectivity index (χ3n) is 6.69. The zero-order valence-corrected chi connectivity index (χ0v) is 21.4. The van der Waals surface area contributed by atoms with E-state index in [1.807, 2.05) is 4.90 Å². The molecule has 0 amide bonds. The number of benzene rings is 1. The van der Waals surface area contributed by atoms with E-state index in [1.165, 1.54) is 28.2 Å². The Labute approximate surface area is 206 Å². The Morgan fingerprint density at radius 3 is 2.47 bits per heavy atom. The molecule has 0 spiro atoms. The Balaban J connectivity index is 1.62. The van der Waals surface area contributed by atoms with Crippen LogP contribution in [0.2, 0.25) is 5.02 Å². The van der Waals surface area contributed by atoms with Crippen LogP contribution in [0.1, 0.15) is 46.0 Å². The topological polar surface area (TPSA) is 84.7 Å². The molecule has 0 bridgehead atoms. The van der Waals surface area contributed by atoms with Crippen LogP contribution in [-0.4, -0.2) is 60.5 Å². The first-order valence-corrected chi connectivity index (χ1v) is 13.9. The lowest BCUT2D eigenvalue weighted by Gasteiger charge is -2.36. The number of aromatic nitrogens is 2. The molecular weight excluding hydrogens is 476 g/mol. The van der Waals surface area contributed by atoms with Crippen LogP contribution in [0.25, 0.3) is 5.69 Å². The van der Waals surface area contributed by atoms with E-state index in [2.05, 4.69) is 5.10 Å². The predicted octanol–water partition coefficient (Wildman–Crippen LogP) is 3.71. The normalized spacial score (nSPS) is 18.4. The molecule has 2 fully saturated rings. The van der Waals surface area contributed by atoms with Crippen LogP contribution in [-0.2, 0) is 10.0 Å². The zero-order chi connectivity index (χ0) is 24.3. The highest BCUT2D eigenvalue weighted by Gasteiger charge is 2.31. The van der Waals surface area contributed by atoms with Crippen molar-refractivity contribution < 1.29 is 13.2 Å². The van der Waals surface area contributed by atoms with Crippen LogP contribution in [0, 0.1) is 5.92 Å². The molecule has 4 rings (SSSR count). The first kappa shape index (κ1) is 25.0. The van der Waals surface area contributed by atoms with Gasteiger partial charge in [0.15, 0.2) is 0 Å². The van der Waals surface area contributed by atoms with Gasteiger partial charge >= 0.3 is 5.56 Å². The van der Waals surface area contributed by atoms with Gasteiger partial charge in [-0.2, -0.15) is 14.1 Å². The van der Waals surface area contributed by atoms with Crippen LogP contribution in [0.4, 0.5) is 5.69 Å². The minimum atomic E-state index is -3.31. The van der Waals surface area contributed by atoms with E-state index in [-0.39, 0.29) is 11.3 Å². The molecule has 0 atom stereocenters. The molecule has 1 saturated carbocycles. The number of nitrogens with zero attached hydrogens (tertiary/aromatic N) is 4. The molecule has 0 unspecified atom stereocenters. The molecule has 10 heteroatoms. The quantitative estimate of drug-likeness (QED) is 0.567. The van der Waals surface area contributed by atoms with Gasteiger partial charge in [-0.1, -0.05) is 36.9 Å². The lowest BCUT2D eigenvalue weighted by atomic mass is 9.90. The average molecular weight is 509 g/mol. The Morgan fingerprint density at radius 2 is 1.82 bits per heavy atom. The maximum absolute atomic E-state index is 13.5. The monoisotopic (exact) mass is 508 g/mol. The Bertz CT molecular complexity index is 1150. The van der Waals surface area contributed by atoms with E-state index in [0.29, 0.717) is 55.1 Å². The van der Waals surface area contributed by atoms with Gasteiger partial charge in [-0.05, 0) is 50.8 Å². The van der Waals surface area contributed by atoms with Gasteiger partial charge in [-0.15, -0.1) is 0 Å². The van der Waals surface area contributed by atoms with Crippen LogP contribution >= 0.6 is 11.6 Å². The molecule has 2 aromatic rings. The van der Waals surface area contributed by atoms with E-state index in [0.717, 1.165) is 12.8 Å². The second-order valence-corrected chi connectivity index (χ2v) is 12.3. The van der Waals surface area contributed by atoms with E-state index in [9.17, 15) is 13.2 Å². The first-order chi connectivity index (χ1) is 16.3. The minimum Gasteiger partial charge on any atom is -0.486 e. The fraction of sp³-hybridized carbons (Fsp3) is 0.583. The van der Waals surface area contributed by atoms with Crippen molar-refractivity contribution in [3.63, 3.8) is 0 Å². The van der Waals surface area contributed by atoms with Gasteiger partial charge in [0, 0.05) is 31.2 Å². The van der Waals surface area contributed by atoms with Gasteiger partial charge in [-0.25, -0.2) is 8.42 Å². The molecule has 1 saturated heterocycles. The third kappa shape index (κ3) is 5.42. The molecule has 1 aromatic carbocycles. The van der Waals surface area contributed by atoms with E-state index in [1.54, 1.807) is 44.3 Å². The van der Waals surface area contributed by atoms with E-state index in [4.69, 9.17) is 16.3 Å². The van der Waals surface area contributed by atoms with Crippen molar-refractivity contribution in [3.8, 4) is 11.4 Å². The standard InChI is InChI=1S/C24H33ClN4O4S/c1-18(2)34(31,32)28-13-11-27(12-14-28)22-16-26-29(21-10-6-9-20(25)15-21)24(30)23(22)33-17-19-7-4-3-5-8-19/h6,9-10,15-16,18-19H,3-5,7-8,11-14,17H2,1-2H3. The molecule has 34 heavy (non-hydrogen) atoms. The Hall–Kier alpha value is -2.10. The highest BCUT2D eigenvalue weighted by Crippen LogP contribution is 2.29. The van der Waals surface area contributed by atoms with Gasteiger partial charge in [0.1, 0.15) is 5.69 Å². The van der Waals surface area contributed by atoms with Crippen LogP contribution in [0.3, 0.4) is 0 Å². The van der Waals surface area contributed by atoms with Gasteiger partial charge in [0.25, 0.3) is 0 Å². The zero-order valence-electron chi connectivity index (χ0n) is 19.8. The predicted molar refractivity (Wildman–Crippen MR) is 135 cm³/mol. The number of halogens is 1. The highest BCUT2D eigenvalue weighted by molar-refractivity contribution is 7.89. The summed E-state index contributed by atoms with van der Waals surface area (Å²) in [6.45, 7) is 5.53. The number of hydrogen-bond acceptors (Lipinski definition) is 6. The second-order valence-electron chi connectivity index (χ2n) is 9.35. The number of hydrogen-bond donors (Lipinski definition) is 0. The Kier molecular flexibility index (Phi) is 7.84. The second kappa shape index (κ2) is 10.7. The van der Waals surface area contributed by atoms with Crippen molar-refractivity contribution in [1.82, 2.24) is 14.1 Å². The van der Waals surface area contributed by atoms with Crippen molar-refractivity contribution in [2.24, 2.45) is 5.92 Å². The summed E-state index contributed by atoms with van der Waals surface area (Å²) in [5, 5.41) is 4.46. The summed E-state index contributed by atoms with van der Waals surface area (Å²) >= 11 is 6.14. The van der Waals surface area contributed by atoms with Crippen LogP contribution in [0.5, 0.6) is 5.75 Å². The van der Waals surface area contributed by atoms with E-state index >= 15 is 0 Å². The maximum Gasteiger partial charge on any atom is 0.316 e. The average Bonchev–Trinajstić information content (AvgIpc) is 2.83. The van der Waals surface area contributed by atoms with Gasteiger partial charge in [0.05, 0.1) is 23.7 Å². The largest absolute Gasteiger partial charge is 0.486 e. The summed E-state index contributed by atoms with van der Waals surface area (Å²) in [7, 11) is -3.31.